The Morgan fingerprint density at radius 2 is 2.06 bits per heavy atom. The second-order valence-corrected chi connectivity index (χ2v) is 5.21. The summed E-state index contributed by atoms with van der Waals surface area (Å²) in [4.78, 5) is 16.1. The van der Waals surface area contributed by atoms with Gasteiger partial charge in [0.25, 0.3) is 5.91 Å². The molecule has 1 atom stereocenters. The van der Waals surface area contributed by atoms with E-state index in [0.29, 0.717) is 22.5 Å². The maximum atomic E-state index is 12.0. The zero-order valence-electron chi connectivity index (χ0n) is 11.2. The second-order valence-electron chi connectivity index (χ2n) is 4.82. The first-order valence-corrected chi connectivity index (χ1v) is 6.46. The van der Waals surface area contributed by atoms with E-state index in [1.165, 1.54) is 0 Å². The molecule has 0 saturated heterocycles. The highest BCUT2D eigenvalue weighted by Gasteiger charge is 2.12. The zero-order chi connectivity index (χ0) is 13.7. The van der Waals surface area contributed by atoms with Gasteiger partial charge in [0.05, 0.1) is 0 Å². The summed E-state index contributed by atoms with van der Waals surface area (Å²) in [6.45, 7) is 6.26. The van der Waals surface area contributed by atoms with Crippen molar-refractivity contribution >= 4 is 23.3 Å². The summed E-state index contributed by atoms with van der Waals surface area (Å²) >= 11 is 5.86. The molecule has 0 bridgehead atoms. The SMILES string of the molecule is CNc1cc(C(=O)NC(C)CC(C)C)cc(Cl)n1. The molecule has 0 radical (unpaired) electrons. The fourth-order valence-corrected chi connectivity index (χ4v) is 2.04. The lowest BCUT2D eigenvalue weighted by molar-refractivity contribution is 0.0936. The van der Waals surface area contributed by atoms with Crippen LogP contribution in [0.2, 0.25) is 5.15 Å². The van der Waals surface area contributed by atoms with Crippen LogP contribution < -0.4 is 10.6 Å². The Balaban J connectivity index is 2.74. The molecule has 1 amide bonds. The van der Waals surface area contributed by atoms with Gasteiger partial charge in [0.2, 0.25) is 0 Å². The Hall–Kier alpha value is -1.29. The quantitative estimate of drug-likeness (QED) is 0.808. The monoisotopic (exact) mass is 269 g/mol. The van der Waals surface area contributed by atoms with Crippen LogP contribution in [0.3, 0.4) is 0 Å². The van der Waals surface area contributed by atoms with Crippen LogP contribution in [-0.2, 0) is 0 Å². The highest BCUT2D eigenvalue weighted by molar-refractivity contribution is 6.29. The van der Waals surface area contributed by atoms with Crippen LogP contribution in [0, 0.1) is 5.92 Å². The van der Waals surface area contributed by atoms with Gasteiger partial charge in [-0.2, -0.15) is 0 Å². The molecule has 2 N–H and O–H groups in total. The molecule has 18 heavy (non-hydrogen) atoms. The van der Waals surface area contributed by atoms with Crippen LogP contribution in [0.15, 0.2) is 12.1 Å². The number of halogens is 1. The molecule has 100 valence electrons. The van der Waals surface area contributed by atoms with Crippen molar-refractivity contribution in [1.29, 1.82) is 0 Å². The minimum absolute atomic E-state index is 0.121. The Morgan fingerprint density at radius 1 is 1.39 bits per heavy atom. The lowest BCUT2D eigenvalue weighted by Gasteiger charge is -2.16. The minimum Gasteiger partial charge on any atom is -0.373 e. The van der Waals surface area contributed by atoms with Crippen LogP contribution in [-0.4, -0.2) is 24.0 Å². The third-order valence-corrected chi connectivity index (χ3v) is 2.71. The molecule has 0 aliphatic rings. The summed E-state index contributed by atoms with van der Waals surface area (Å²) in [7, 11) is 1.74. The van der Waals surface area contributed by atoms with Crippen molar-refractivity contribution in [2.75, 3.05) is 12.4 Å². The number of carbonyl (C=O) groups is 1. The Bertz CT molecular complexity index is 421. The van der Waals surface area contributed by atoms with E-state index in [-0.39, 0.29) is 11.9 Å². The van der Waals surface area contributed by atoms with E-state index in [2.05, 4.69) is 29.5 Å². The standard InChI is InChI=1S/C13H20ClN3O/c1-8(2)5-9(3)16-13(18)10-6-11(14)17-12(7-10)15-4/h6-9H,5H2,1-4H3,(H,15,17)(H,16,18). The van der Waals surface area contributed by atoms with Gasteiger partial charge in [-0.3, -0.25) is 4.79 Å². The maximum absolute atomic E-state index is 12.0. The van der Waals surface area contributed by atoms with Crippen molar-refractivity contribution in [3.8, 4) is 0 Å². The Labute approximate surface area is 113 Å². The molecule has 0 aliphatic carbocycles. The fraction of sp³-hybridized carbons (Fsp3) is 0.538. The molecular formula is C13H20ClN3O. The van der Waals surface area contributed by atoms with Crippen molar-refractivity contribution in [2.24, 2.45) is 5.92 Å². The number of carbonyl (C=O) groups excluding carboxylic acids is 1. The molecule has 0 aromatic carbocycles. The summed E-state index contributed by atoms with van der Waals surface area (Å²) in [6.07, 6.45) is 0.948. The number of rotatable bonds is 5. The van der Waals surface area contributed by atoms with Crippen LogP contribution in [0.25, 0.3) is 0 Å². The molecule has 1 rings (SSSR count). The van der Waals surface area contributed by atoms with Crippen molar-refractivity contribution < 1.29 is 4.79 Å². The first-order valence-electron chi connectivity index (χ1n) is 6.08. The third-order valence-electron chi connectivity index (χ3n) is 2.51. The summed E-state index contributed by atoms with van der Waals surface area (Å²) < 4.78 is 0. The van der Waals surface area contributed by atoms with Gasteiger partial charge < -0.3 is 10.6 Å². The number of hydrogen-bond donors (Lipinski definition) is 2. The van der Waals surface area contributed by atoms with Crippen LogP contribution in [0.4, 0.5) is 5.82 Å². The van der Waals surface area contributed by atoms with Gasteiger partial charge in [0, 0.05) is 18.7 Å². The van der Waals surface area contributed by atoms with Gasteiger partial charge in [-0.1, -0.05) is 25.4 Å². The zero-order valence-corrected chi connectivity index (χ0v) is 12.0. The average Bonchev–Trinajstić information content (AvgIpc) is 2.26. The van der Waals surface area contributed by atoms with E-state index >= 15 is 0 Å². The summed E-state index contributed by atoms with van der Waals surface area (Å²) in [5, 5.41) is 6.13. The number of nitrogens with zero attached hydrogens (tertiary/aromatic N) is 1. The first-order chi connectivity index (χ1) is 8.42. The number of pyridine rings is 1. The second kappa shape index (κ2) is 6.59. The molecule has 5 heteroatoms. The van der Waals surface area contributed by atoms with Gasteiger partial charge >= 0.3 is 0 Å². The summed E-state index contributed by atoms with van der Waals surface area (Å²) in [5.41, 5.74) is 0.523. The molecule has 0 saturated carbocycles. The highest BCUT2D eigenvalue weighted by atomic mass is 35.5. The molecule has 1 aromatic heterocycles. The predicted octanol–water partition coefficient (Wildman–Crippen LogP) is 2.94. The van der Waals surface area contributed by atoms with Gasteiger partial charge in [0.1, 0.15) is 11.0 Å². The van der Waals surface area contributed by atoms with Gasteiger partial charge in [-0.05, 0) is 31.4 Å². The normalized spacial score (nSPS) is 12.3. The predicted molar refractivity (Wildman–Crippen MR) is 75.2 cm³/mol. The Kier molecular flexibility index (Phi) is 5.41. The van der Waals surface area contributed by atoms with E-state index in [9.17, 15) is 4.79 Å². The summed E-state index contributed by atoms with van der Waals surface area (Å²) in [6, 6.07) is 3.39. The first kappa shape index (κ1) is 14.8. The molecule has 1 aromatic rings. The van der Waals surface area contributed by atoms with E-state index in [4.69, 9.17) is 11.6 Å². The number of aromatic nitrogens is 1. The van der Waals surface area contributed by atoms with Crippen molar-refractivity contribution in [2.45, 2.75) is 33.2 Å². The van der Waals surface area contributed by atoms with Crippen molar-refractivity contribution in [3.63, 3.8) is 0 Å². The molecule has 0 fully saturated rings. The molecule has 0 spiro atoms. The fourth-order valence-electron chi connectivity index (χ4n) is 1.83. The molecule has 1 heterocycles. The topological polar surface area (TPSA) is 54.0 Å². The maximum Gasteiger partial charge on any atom is 0.251 e. The van der Waals surface area contributed by atoms with Crippen molar-refractivity contribution in [1.82, 2.24) is 10.3 Å². The number of amides is 1. The van der Waals surface area contributed by atoms with Crippen LogP contribution >= 0.6 is 11.6 Å². The minimum atomic E-state index is -0.121. The van der Waals surface area contributed by atoms with E-state index < -0.39 is 0 Å². The lowest BCUT2D eigenvalue weighted by Crippen LogP contribution is -2.33. The lowest BCUT2D eigenvalue weighted by atomic mass is 10.0. The largest absolute Gasteiger partial charge is 0.373 e. The molecule has 1 unspecified atom stereocenters. The molecular weight excluding hydrogens is 250 g/mol. The van der Waals surface area contributed by atoms with Gasteiger partial charge in [-0.25, -0.2) is 4.98 Å². The number of nitrogens with one attached hydrogen (secondary N) is 2. The molecule has 0 aliphatic heterocycles. The van der Waals surface area contributed by atoms with E-state index in [0.717, 1.165) is 6.42 Å². The van der Waals surface area contributed by atoms with E-state index in [1.54, 1.807) is 19.2 Å². The third kappa shape index (κ3) is 4.53. The van der Waals surface area contributed by atoms with Gasteiger partial charge in [-0.15, -0.1) is 0 Å². The Morgan fingerprint density at radius 3 is 2.61 bits per heavy atom. The number of anilines is 1. The summed E-state index contributed by atoms with van der Waals surface area (Å²) in [5.74, 6) is 1.02. The number of hydrogen-bond acceptors (Lipinski definition) is 3. The average molecular weight is 270 g/mol. The van der Waals surface area contributed by atoms with Crippen molar-refractivity contribution in [3.05, 3.63) is 22.8 Å². The molecule has 4 nitrogen and oxygen atoms in total. The van der Waals surface area contributed by atoms with Crippen LogP contribution in [0.1, 0.15) is 37.6 Å². The smallest absolute Gasteiger partial charge is 0.251 e. The van der Waals surface area contributed by atoms with E-state index in [1.807, 2.05) is 6.92 Å². The highest BCUT2D eigenvalue weighted by Crippen LogP contribution is 2.14. The van der Waals surface area contributed by atoms with Crippen LogP contribution in [0.5, 0.6) is 0 Å². The van der Waals surface area contributed by atoms with Gasteiger partial charge in [0.15, 0.2) is 0 Å².